The van der Waals surface area contributed by atoms with Gasteiger partial charge in [0.15, 0.2) is 5.82 Å². The Labute approximate surface area is 364 Å². The zero-order chi connectivity index (χ0) is 41.0. The van der Waals surface area contributed by atoms with Crippen LogP contribution in [0.3, 0.4) is 0 Å². The molecule has 0 saturated heterocycles. The van der Waals surface area contributed by atoms with E-state index in [1.807, 2.05) is 72.7 Å². The van der Waals surface area contributed by atoms with E-state index in [2.05, 4.69) is 152 Å². The van der Waals surface area contributed by atoms with E-state index >= 15 is 0 Å². The Bertz CT molecular complexity index is 2980. The molecule has 290 valence electrons. The van der Waals surface area contributed by atoms with Crippen LogP contribution in [0.2, 0.25) is 0 Å². The van der Waals surface area contributed by atoms with Crippen LogP contribution in [0.4, 0.5) is 0 Å². The van der Waals surface area contributed by atoms with E-state index in [4.69, 9.17) is 24.9 Å². The van der Waals surface area contributed by atoms with Gasteiger partial charge >= 0.3 is 0 Å². The van der Waals surface area contributed by atoms with E-state index < -0.39 is 5.41 Å². The van der Waals surface area contributed by atoms with Gasteiger partial charge in [-0.25, -0.2) is 15.0 Å². The van der Waals surface area contributed by atoms with Crippen molar-refractivity contribution in [3.63, 3.8) is 0 Å². The summed E-state index contributed by atoms with van der Waals surface area (Å²) in [6.45, 7) is 0. The molecule has 0 bridgehead atoms. The predicted molar refractivity (Wildman–Crippen MR) is 249 cm³/mol. The Morgan fingerprint density at radius 2 is 0.758 bits per heavy atom. The molecule has 5 nitrogen and oxygen atoms in total. The number of fused-ring (bicyclic) bond motifs is 9. The van der Waals surface area contributed by atoms with Gasteiger partial charge in [-0.05, 0) is 87.0 Å². The molecule has 0 fully saturated rings. The van der Waals surface area contributed by atoms with Crippen molar-refractivity contribution in [3.05, 3.63) is 235 Å². The summed E-state index contributed by atoms with van der Waals surface area (Å²) >= 11 is 1.81. The summed E-state index contributed by atoms with van der Waals surface area (Å²) in [7, 11) is 0. The number of nitrogens with zero attached hydrogens (tertiary/aromatic N) is 5. The largest absolute Gasteiger partial charge is 0.255 e. The number of hydrogen-bond donors (Lipinski definition) is 0. The lowest BCUT2D eigenvalue weighted by atomic mass is 9.66. The first kappa shape index (κ1) is 36.1. The van der Waals surface area contributed by atoms with Crippen LogP contribution in [0.25, 0.3) is 78.9 Å². The highest BCUT2D eigenvalue weighted by Crippen LogP contribution is 2.64. The highest BCUT2D eigenvalue weighted by atomic mass is 32.2. The molecular weight excluding hydrogens is 775 g/mol. The second-order valence-corrected chi connectivity index (χ2v) is 16.6. The van der Waals surface area contributed by atoms with E-state index in [0.29, 0.717) is 5.82 Å². The SMILES string of the molecule is c1ccc(-c2cc(-c3ccccc3)nc(-c3cccc4c3Sc3c(-c5cc(-c6ccccn6)nc(-c6ccccn6)c5)cccc3C43c4ccccc4-c4ccccc43)n2)cc1. The molecule has 1 aliphatic heterocycles. The maximum atomic E-state index is 5.39. The summed E-state index contributed by atoms with van der Waals surface area (Å²) in [5, 5.41) is 0. The highest BCUT2D eigenvalue weighted by molar-refractivity contribution is 7.99. The van der Waals surface area contributed by atoms with Crippen molar-refractivity contribution in [2.45, 2.75) is 15.2 Å². The second-order valence-electron chi connectivity index (χ2n) is 15.6. The van der Waals surface area contributed by atoms with Gasteiger partial charge in [-0.15, -0.1) is 0 Å². The van der Waals surface area contributed by atoms with Crippen molar-refractivity contribution < 1.29 is 0 Å². The summed E-state index contributed by atoms with van der Waals surface area (Å²) in [5.41, 5.74) is 17.0. The Morgan fingerprint density at radius 3 is 1.29 bits per heavy atom. The molecule has 0 unspecified atom stereocenters. The topological polar surface area (TPSA) is 64.5 Å². The zero-order valence-electron chi connectivity index (χ0n) is 33.4. The molecule has 1 spiro atoms. The number of hydrogen-bond acceptors (Lipinski definition) is 6. The monoisotopic (exact) mass is 809 g/mol. The Morgan fingerprint density at radius 1 is 0.306 bits per heavy atom. The molecule has 12 rings (SSSR count). The lowest BCUT2D eigenvalue weighted by molar-refractivity contribution is 0.723. The third-order valence-corrected chi connectivity index (χ3v) is 13.4. The van der Waals surface area contributed by atoms with Crippen molar-refractivity contribution in [3.8, 4) is 78.9 Å². The lowest BCUT2D eigenvalue weighted by Crippen LogP contribution is -2.32. The minimum atomic E-state index is -0.630. The van der Waals surface area contributed by atoms with Gasteiger partial charge in [0.05, 0.1) is 39.6 Å². The van der Waals surface area contributed by atoms with E-state index in [9.17, 15) is 0 Å². The number of aromatic nitrogens is 5. The van der Waals surface area contributed by atoms with Gasteiger partial charge in [-0.1, -0.05) is 169 Å². The standard InChI is InChI=1S/C56H35N5S/c1-3-17-36(18-4-1)49-35-50(37-19-5-2-6-20-37)61-55(60-49)42-24-16-28-46-54(42)62-53-39(38-33-51(47-29-11-13-31-57-47)59-52(34-38)48-30-12-14-32-58-48)23-15-27-45(53)56(46)43-25-9-7-21-40(43)41-22-8-10-26-44(41)56/h1-35H. The first-order valence-electron chi connectivity index (χ1n) is 20.7. The van der Waals surface area contributed by atoms with Crippen LogP contribution in [0.15, 0.2) is 222 Å². The van der Waals surface area contributed by atoms with Crippen LogP contribution >= 0.6 is 11.8 Å². The van der Waals surface area contributed by atoms with Gasteiger partial charge in [-0.2, -0.15) is 0 Å². The minimum Gasteiger partial charge on any atom is -0.255 e. The zero-order valence-corrected chi connectivity index (χ0v) is 34.2. The van der Waals surface area contributed by atoms with Crippen LogP contribution in [0, 0.1) is 0 Å². The van der Waals surface area contributed by atoms with Gasteiger partial charge in [-0.3, -0.25) is 9.97 Å². The summed E-state index contributed by atoms with van der Waals surface area (Å²) in [6.07, 6.45) is 3.64. The van der Waals surface area contributed by atoms with Crippen molar-refractivity contribution in [2.24, 2.45) is 0 Å². The first-order valence-corrected chi connectivity index (χ1v) is 21.6. The summed E-state index contributed by atoms with van der Waals surface area (Å²) in [4.78, 5) is 27.7. The molecule has 0 radical (unpaired) electrons. The molecule has 0 N–H and O–H groups in total. The van der Waals surface area contributed by atoms with Crippen molar-refractivity contribution in [1.29, 1.82) is 0 Å². The van der Waals surface area contributed by atoms with Gasteiger partial charge in [0.25, 0.3) is 0 Å². The van der Waals surface area contributed by atoms with Gasteiger partial charge in [0.2, 0.25) is 0 Å². The normalized spacial score (nSPS) is 12.9. The molecule has 2 aliphatic rings. The quantitative estimate of drug-likeness (QED) is 0.167. The molecule has 10 aromatic rings. The molecular formula is C56H35N5S. The number of benzene rings is 6. The third-order valence-electron chi connectivity index (χ3n) is 12.1. The number of rotatable bonds is 6. The fourth-order valence-electron chi connectivity index (χ4n) is 9.41. The molecule has 1 aliphatic carbocycles. The molecule has 4 aromatic heterocycles. The van der Waals surface area contributed by atoms with E-state index in [1.54, 1.807) is 0 Å². The van der Waals surface area contributed by atoms with E-state index in [0.717, 1.165) is 66.9 Å². The van der Waals surface area contributed by atoms with Gasteiger partial charge < -0.3 is 0 Å². The van der Waals surface area contributed by atoms with E-state index in [-0.39, 0.29) is 0 Å². The third kappa shape index (κ3) is 5.75. The van der Waals surface area contributed by atoms with Crippen LogP contribution in [0.1, 0.15) is 22.3 Å². The molecule has 6 aromatic carbocycles. The molecule has 0 atom stereocenters. The summed E-state index contributed by atoms with van der Waals surface area (Å²) < 4.78 is 0. The van der Waals surface area contributed by atoms with Gasteiger partial charge in [0, 0.05) is 38.9 Å². The average Bonchev–Trinajstić information content (AvgIpc) is 3.65. The van der Waals surface area contributed by atoms with Gasteiger partial charge in [0.1, 0.15) is 0 Å². The van der Waals surface area contributed by atoms with Crippen LogP contribution in [-0.4, -0.2) is 24.9 Å². The fourth-order valence-corrected chi connectivity index (χ4v) is 10.8. The Hall–Kier alpha value is -7.80. The maximum Gasteiger partial charge on any atom is 0.161 e. The summed E-state index contributed by atoms with van der Waals surface area (Å²) in [6, 6.07) is 70.6. The molecule has 5 heterocycles. The minimum absolute atomic E-state index is 0.630. The molecule has 6 heteroatoms. The van der Waals surface area contributed by atoms with Crippen molar-refractivity contribution >= 4 is 11.8 Å². The Balaban J connectivity index is 1.16. The number of pyridine rings is 3. The van der Waals surface area contributed by atoms with E-state index in [1.165, 1.54) is 38.3 Å². The maximum absolute atomic E-state index is 5.39. The molecule has 0 amide bonds. The van der Waals surface area contributed by atoms with Crippen molar-refractivity contribution in [2.75, 3.05) is 0 Å². The highest BCUT2D eigenvalue weighted by Gasteiger charge is 2.51. The lowest BCUT2D eigenvalue weighted by Gasteiger charge is -2.41. The van der Waals surface area contributed by atoms with Crippen LogP contribution < -0.4 is 0 Å². The van der Waals surface area contributed by atoms with Crippen LogP contribution in [0.5, 0.6) is 0 Å². The first-order chi connectivity index (χ1) is 30.7. The second kappa shape index (κ2) is 14.7. The molecule has 0 saturated carbocycles. The predicted octanol–water partition coefficient (Wildman–Crippen LogP) is 13.5. The van der Waals surface area contributed by atoms with Crippen molar-refractivity contribution in [1.82, 2.24) is 24.9 Å². The average molecular weight is 810 g/mol. The smallest absolute Gasteiger partial charge is 0.161 e. The van der Waals surface area contributed by atoms with Crippen LogP contribution in [-0.2, 0) is 5.41 Å². The fraction of sp³-hybridized carbons (Fsp3) is 0.0179. The summed E-state index contributed by atoms with van der Waals surface area (Å²) in [5.74, 6) is 0.684. The molecule has 62 heavy (non-hydrogen) atoms. The Kier molecular flexibility index (Phi) is 8.57.